The van der Waals surface area contributed by atoms with E-state index in [-0.39, 0.29) is 22.6 Å². The van der Waals surface area contributed by atoms with Gasteiger partial charge in [-0.25, -0.2) is 4.39 Å². The molecule has 0 bridgehead atoms. The number of rotatable bonds is 1. The van der Waals surface area contributed by atoms with Gasteiger partial charge in [0.25, 0.3) is 5.91 Å². The van der Waals surface area contributed by atoms with E-state index in [2.05, 4.69) is 5.32 Å². The third-order valence-corrected chi connectivity index (χ3v) is 1.84. The van der Waals surface area contributed by atoms with E-state index in [1.165, 1.54) is 12.1 Å². The summed E-state index contributed by atoms with van der Waals surface area (Å²) in [7, 11) is 0. The van der Waals surface area contributed by atoms with Gasteiger partial charge in [0.15, 0.2) is 0 Å². The van der Waals surface area contributed by atoms with Crippen molar-refractivity contribution in [2.24, 2.45) is 0 Å². The number of hydrogen-bond donors (Lipinski definition) is 1. The van der Waals surface area contributed by atoms with Crippen LogP contribution in [0.1, 0.15) is 36.7 Å². The molecule has 3 nitrogen and oxygen atoms in total. The molecule has 16 heavy (non-hydrogen) atoms. The van der Waals surface area contributed by atoms with Gasteiger partial charge in [0, 0.05) is 11.1 Å². The molecular formula is C12H13FN2O. The monoisotopic (exact) mass is 220 g/mol. The Hall–Kier alpha value is -1.89. The van der Waals surface area contributed by atoms with Gasteiger partial charge in [-0.3, -0.25) is 4.79 Å². The van der Waals surface area contributed by atoms with Crippen molar-refractivity contribution in [1.82, 2.24) is 5.32 Å². The van der Waals surface area contributed by atoms with Crippen LogP contribution in [0.5, 0.6) is 0 Å². The first kappa shape index (κ1) is 12.2. The number of benzene rings is 1. The van der Waals surface area contributed by atoms with Crippen LogP contribution in [0, 0.1) is 17.1 Å². The van der Waals surface area contributed by atoms with Gasteiger partial charge in [-0.15, -0.1) is 0 Å². The number of carbonyl (C=O) groups is 1. The minimum atomic E-state index is -0.616. The zero-order chi connectivity index (χ0) is 12.3. The normalized spacial score (nSPS) is 10.7. The first-order valence-corrected chi connectivity index (χ1v) is 4.85. The predicted octanol–water partition coefficient (Wildman–Crippen LogP) is 2.23. The molecule has 0 saturated carbocycles. The number of carbonyl (C=O) groups excluding carboxylic acids is 1. The van der Waals surface area contributed by atoms with E-state index in [9.17, 15) is 9.18 Å². The van der Waals surface area contributed by atoms with E-state index in [4.69, 9.17) is 5.26 Å². The van der Waals surface area contributed by atoms with Gasteiger partial charge in [0.05, 0.1) is 5.56 Å². The standard InChI is InChI=1S/C12H13FN2O/c1-12(2,3)15-11(16)8-4-5-10(13)9(6-8)7-14/h4-6H,1-3H3,(H,15,16). The summed E-state index contributed by atoms with van der Waals surface area (Å²) in [5.74, 6) is -0.932. The molecule has 0 heterocycles. The Balaban J connectivity index is 2.98. The summed E-state index contributed by atoms with van der Waals surface area (Å²) in [5, 5.41) is 11.4. The summed E-state index contributed by atoms with van der Waals surface area (Å²) in [6.07, 6.45) is 0. The molecule has 0 radical (unpaired) electrons. The van der Waals surface area contributed by atoms with Gasteiger partial charge in [-0.05, 0) is 39.0 Å². The van der Waals surface area contributed by atoms with Crippen LogP contribution in [-0.2, 0) is 0 Å². The van der Waals surface area contributed by atoms with Gasteiger partial charge in [0.2, 0.25) is 0 Å². The molecule has 1 rings (SSSR count). The fourth-order valence-electron chi connectivity index (χ4n) is 1.16. The second kappa shape index (κ2) is 4.31. The highest BCUT2D eigenvalue weighted by molar-refractivity contribution is 5.94. The zero-order valence-corrected chi connectivity index (χ0v) is 9.47. The lowest BCUT2D eigenvalue weighted by molar-refractivity contribution is 0.0919. The van der Waals surface area contributed by atoms with Crippen molar-refractivity contribution in [3.63, 3.8) is 0 Å². The van der Waals surface area contributed by atoms with Gasteiger partial charge >= 0.3 is 0 Å². The summed E-state index contributed by atoms with van der Waals surface area (Å²) in [4.78, 5) is 11.7. The number of nitriles is 1. The third-order valence-electron chi connectivity index (χ3n) is 1.84. The number of nitrogens with one attached hydrogen (secondary N) is 1. The average molecular weight is 220 g/mol. The molecule has 4 heteroatoms. The Labute approximate surface area is 93.9 Å². The van der Waals surface area contributed by atoms with Crippen LogP contribution in [0.4, 0.5) is 4.39 Å². The number of amides is 1. The second-order valence-electron chi connectivity index (χ2n) is 4.51. The van der Waals surface area contributed by atoms with Crippen LogP contribution in [0.15, 0.2) is 18.2 Å². The highest BCUT2D eigenvalue weighted by atomic mass is 19.1. The smallest absolute Gasteiger partial charge is 0.251 e. The first-order chi connectivity index (χ1) is 7.33. The molecule has 0 aliphatic rings. The molecule has 1 aromatic carbocycles. The number of nitrogens with zero attached hydrogens (tertiary/aromatic N) is 1. The first-order valence-electron chi connectivity index (χ1n) is 4.85. The number of halogens is 1. The lowest BCUT2D eigenvalue weighted by Gasteiger charge is -2.20. The quantitative estimate of drug-likeness (QED) is 0.789. The van der Waals surface area contributed by atoms with Gasteiger partial charge < -0.3 is 5.32 Å². The van der Waals surface area contributed by atoms with Crippen LogP contribution >= 0.6 is 0 Å². The van der Waals surface area contributed by atoms with Crippen LogP contribution in [0.3, 0.4) is 0 Å². The SMILES string of the molecule is CC(C)(C)NC(=O)c1ccc(F)c(C#N)c1. The average Bonchev–Trinajstić information content (AvgIpc) is 2.15. The molecule has 1 aromatic rings. The summed E-state index contributed by atoms with van der Waals surface area (Å²) < 4.78 is 13.0. The van der Waals surface area contributed by atoms with E-state index in [0.29, 0.717) is 0 Å². The Bertz CT molecular complexity index is 455. The molecule has 0 saturated heterocycles. The zero-order valence-electron chi connectivity index (χ0n) is 9.47. The summed E-state index contributed by atoms with van der Waals surface area (Å²) >= 11 is 0. The van der Waals surface area contributed by atoms with Gasteiger partial charge in [-0.1, -0.05) is 0 Å². The van der Waals surface area contributed by atoms with Crippen molar-refractivity contribution < 1.29 is 9.18 Å². The minimum absolute atomic E-state index is 0.124. The topological polar surface area (TPSA) is 52.9 Å². The minimum Gasteiger partial charge on any atom is -0.347 e. The fourth-order valence-corrected chi connectivity index (χ4v) is 1.16. The lowest BCUT2D eigenvalue weighted by Crippen LogP contribution is -2.40. The molecule has 0 aliphatic carbocycles. The van der Waals surface area contributed by atoms with Crippen molar-refractivity contribution in [2.75, 3.05) is 0 Å². The summed E-state index contributed by atoms with van der Waals surface area (Å²) in [5.41, 5.74) is -0.201. The molecule has 0 fully saturated rings. The van der Waals surface area contributed by atoms with Crippen molar-refractivity contribution >= 4 is 5.91 Å². The number of hydrogen-bond acceptors (Lipinski definition) is 2. The van der Waals surface area contributed by atoms with Gasteiger partial charge in [-0.2, -0.15) is 5.26 Å². The highest BCUT2D eigenvalue weighted by Gasteiger charge is 2.16. The molecule has 84 valence electrons. The van der Waals surface area contributed by atoms with Crippen LogP contribution < -0.4 is 5.32 Å². The largest absolute Gasteiger partial charge is 0.347 e. The third kappa shape index (κ3) is 3.06. The maximum atomic E-state index is 13.0. The van der Waals surface area contributed by atoms with Crippen LogP contribution in [-0.4, -0.2) is 11.4 Å². The predicted molar refractivity (Wildman–Crippen MR) is 58.3 cm³/mol. The van der Waals surface area contributed by atoms with E-state index in [1.54, 1.807) is 6.07 Å². The second-order valence-corrected chi connectivity index (χ2v) is 4.51. The maximum absolute atomic E-state index is 13.0. The van der Waals surface area contributed by atoms with E-state index >= 15 is 0 Å². The van der Waals surface area contributed by atoms with E-state index < -0.39 is 5.82 Å². The molecule has 0 aliphatic heterocycles. The van der Waals surface area contributed by atoms with E-state index in [1.807, 2.05) is 20.8 Å². The Morgan fingerprint density at radius 1 is 1.44 bits per heavy atom. The highest BCUT2D eigenvalue weighted by Crippen LogP contribution is 2.10. The van der Waals surface area contributed by atoms with E-state index in [0.717, 1.165) is 6.07 Å². The summed E-state index contributed by atoms with van der Waals surface area (Å²) in [6.45, 7) is 5.54. The molecule has 0 spiro atoms. The Morgan fingerprint density at radius 2 is 2.06 bits per heavy atom. The Morgan fingerprint density at radius 3 is 2.56 bits per heavy atom. The van der Waals surface area contributed by atoms with Crippen molar-refractivity contribution in [3.8, 4) is 6.07 Å². The molecular weight excluding hydrogens is 207 g/mol. The van der Waals surface area contributed by atoms with Crippen LogP contribution in [0.25, 0.3) is 0 Å². The molecule has 0 unspecified atom stereocenters. The summed E-state index contributed by atoms with van der Waals surface area (Å²) in [6, 6.07) is 5.42. The van der Waals surface area contributed by atoms with Crippen molar-refractivity contribution in [2.45, 2.75) is 26.3 Å². The molecule has 0 atom stereocenters. The molecule has 1 N–H and O–H groups in total. The van der Waals surface area contributed by atoms with Gasteiger partial charge in [0.1, 0.15) is 11.9 Å². The van der Waals surface area contributed by atoms with Crippen molar-refractivity contribution in [3.05, 3.63) is 35.1 Å². The molecule has 0 aromatic heterocycles. The van der Waals surface area contributed by atoms with Crippen LogP contribution in [0.2, 0.25) is 0 Å². The lowest BCUT2D eigenvalue weighted by atomic mass is 10.1. The maximum Gasteiger partial charge on any atom is 0.251 e. The fraction of sp³-hybridized carbons (Fsp3) is 0.333. The molecule has 1 amide bonds. The van der Waals surface area contributed by atoms with Crippen molar-refractivity contribution in [1.29, 1.82) is 5.26 Å². The Kier molecular flexibility index (Phi) is 3.28.